The Labute approximate surface area is 172 Å². The lowest BCUT2D eigenvalue weighted by Gasteiger charge is -2.26. The molecule has 2 aromatic rings. The van der Waals surface area contributed by atoms with Gasteiger partial charge in [0.1, 0.15) is 17.4 Å². The molecule has 31 heavy (non-hydrogen) atoms. The summed E-state index contributed by atoms with van der Waals surface area (Å²) in [7, 11) is 1.13. The molecular weight excluding hydrogens is 426 g/mol. The molecule has 2 aliphatic rings. The van der Waals surface area contributed by atoms with Crippen molar-refractivity contribution < 1.29 is 32.5 Å². The van der Waals surface area contributed by atoms with E-state index in [9.17, 15) is 27.9 Å². The molecule has 0 radical (unpaired) electrons. The van der Waals surface area contributed by atoms with Gasteiger partial charge < -0.3 is 19.8 Å². The van der Waals surface area contributed by atoms with Gasteiger partial charge in [-0.25, -0.2) is 22.4 Å². The SMILES string of the molecule is COc1c(N2CC(F)C(C(O)CO)C2)c(F)c(C(F)F)c2c(=O)[nH]c(=O)n(C3CC3)c12. The number of benzene rings is 1. The van der Waals surface area contributed by atoms with Gasteiger partial charge in [0.25, 0.3) is 12.0 Å². The summed E-state index contributed by atoms with van der Waals surface area (Å²) in [5.41, 5.74) is -4.00. The van der Waals surface area contributed by atoms with E-state index in [-0.39, 0.29) is 23.9 Å². The minimum atomic E-state index is -3.40. The Bertz CT molecular complexity index is 1130. The molecule has 8 nitrogen and oxygen atoms in total. The molecule has 0 bridgehead atoms. The van der Waals surface area contributed by atoms with Crippen molar-refractivity contribution in [1.29, 1.82) is 0 Å². The van der Waals surface area contributed by atoms with Gasteiger partial charge in [0.15, 0.2) is 11.6 Å². The monoisotopic (exact) mass is 447 g/mol. The van der Waals surface area contributed by atoms with Gasteiger partial charge in [-0.1, -0.05) is 0 Å². The van der Waals surface area contributed by atoms with E-state index in [0.29, 0.717) is 12.8 Å². The van der Waals surface area contributed by atoms with Gasteiger partial charge in [0.2, 0.25) is 0 Å². The highest BCUT2D eigenvalue weighted by molar-refractivity contribution is 5.94. The first-order valence-corrected chi connectivity index (χ1v) is 9.75. The number of alkyl halides is 3. The highest BCUT2D eigenvalue weighted by atomic mass is 19.3. The fourth-order valence-corrected chi connectivity index (χ4v) is 4.30. The van der Waals surface area contributed by atoms with Crippen molar-refractivity contribution in [2.24, 2.45) is 5.92 Å². The van der Waals surface area contributed by atoms with Crippen LogP contribution < -0.4 is 20.9 Å². The number of hydrogen-bond acceptors (Lipinski definition) is 6. The highest BCUT2D eigenvalue weighted by Gasteiger charge is 2.42. The molecule has 0 spiro atoms. The molecule has 0 amide bonds. The van der Waals surface area contributed by atoms with Gasteiger partial charge in [0.05, 0.1) is 30.8 Å². The lowest BCUT2D eigenvalue weighted by Crippen LogP contribution is -2.33. The molecule has 1 aromatic carbocycles. The zero-order valence-electron chi connectivity index (χ0n) is 16.4. The van der Waals surface area contributed by atoms with Crippen LogP contribution in [0, 0.1) is 11.7 Å². The fraction of sp³-hybridized carbons (Fsp3) is 0.579. The number of nitrogens with one attached hydrogen (secondary N) is 1. The van der Waals surface area contributed by atoms with Crippen LogP contribution in [0.1, 0.15) is 30.9 Å². The van der Waals surface area contributed by atoms with Crippen molar-refractivity contribution in [3.8, 4) is 5.75 Å². The van der Waals surface area contributed by atoms with Crippen LogP contribution in [0.4, 0.5) is 23.2 Å². The van der Waals surface area contributed by atoms with E-state index in [4.69, 9.17) is 9.84 Å². The van der Waals surface area contributed by atoms with E-state index < -0.39 is 71.5 Å². The number of anilines is 1. The summed E-state index contributed by atoms with van der Waals surface area (Å²) >= 11 is 0. The maximum atomic E-state index is 15.4. The lowest BCUT2D eigenvalue weighted by atomic mass is 10.0. The summed E-state index contributed by atoms with van der Waals surface area (Å²) in [4.78, 5) is 28.0. The number of aliphatic hydroxyl groups excluding tert-OH is 2. The Hall–Kier alpha value is -2.60. The van der Waals surface area contributed by atoms with Crippen LogP contribution in [-0.2, 0) is 0 Å². The molecule has 2 heterocycles. The fourth-order valence-electron chi connectivity index (χ4n) is 4.30. The van der Waals surface area contributed by atoms with Crippen molar-refractivity contribution in [3.63, 3.8) is 0 Å². The number of aliphatic hydroxyl groups is 2. The predicted octanol–water partition coefficient (Wildman–Crippen LogP) is 1.24. The number of rotatable bonds is 6. The van der Waals surface area contributed by atoms with E-state index in [1.165, 1.54) is 0 Å². The Morgan fingerprint density at radius 2 is 1.94 bits per heavy atom. The molecule has 1 saturated heterocycles. The Morgan fingerprint density at radius 3 is 2.48 bits per heavy atom. The van der Waals surface area contributed by atoms with Crippen molar-refractivity contribution in [3.05, 3.63) is 32.2 Å². The summed E-state index contributed by atoms with van der Waals surface area (Å²) < 4.78 is 64.2. The summed E-state index contributed by atoms with van der Waals surface area (Å²) in [6.45, 7) is -1.48. The molecule has 170 valence electrons. The third kappa shape index (κ3) is 3.37. The number of aromatic nitrogens is 2. The van der Waals surface area contributed by atoms with Crippen LogP contribution in [0.5, 0.6) is 5.75 Å². The van der Waals surface area contributed by atoms with Crippen molar-refractivity contribution in [2.45, 2.75) is 37.6 Å². The van der Waals surface area contributed by atoms with Crippen LogP contribution in [0.15, 0.2) is 9.59 Å². The second-order valence-corrected chi connectivity index (χ2v) is 7.83. The zero-order chi connectivity index (χ0) is 22.6. The highest BCUT2D eigenvalue weighted by Crippen LogP contribution is 2.47. The average molecular weight is 447 g/mol. The van der Waals surface area contributed by atoms with Gasteiger partial charge in [0, 0.05) is 25.0 Å². The van der Waals surface area contributed by atoms with Crippen molar-refractivity contribution in [1.82, 2.24) is 9.55 Å². The number of methoxy groups -OCH3 is 1. The van der Waals surface area contributed by atoms with Crippen LogP contribution in [-0.4, -0.2) is 58.8 Å². The molecule has 1 aromatic heterocycles. The largest absolute Gasteiger partial charge is 0.492 e. The molecule has 3 N–H and O–H groups in total. The van der Waals surface area contributed by atoms with Crippen LogP contribution in [0.25, 0.3) is 10.9 Å². The number of H-pyrrole nitrogens is 1. The minimum absolute atomic E-state index is 0.271. The van der Waals surface area contributed by atoms with E-state index in [0.717, 1.165) is 16.6 Å². The normalized spacial score (nSPS) is 22.5. The maximum Gasteiger partial charge on any atom is 0.329 e. The molecular formula is C19H21F4N3O5. The van der Waals surface area contributed by atoms with Gasteiger partial charge in [-0.3, -0.25) is 14.3 Å². The van der Waals surface area contributed by atoms with Gasteiger partial charge in [-0.2, -0.15) is 0 Å². The summed E-state index contributed by atoms with van der Waals surface area (Å²) in [6.07, 6.45) is -5.40. The first kappa shape index (κ1) is 21.6. The molecule has 4 rings (SSSR count). The number of nitrogens with zero attached hydrogens (tertiary/aromatic N) is 2. The van der Waals surface area contributed by atoms with Crippen molar-refractivity contribution in [2.75, 3.05) is 31.7 Å². The molecule has 3 atom stereocenters. The predicted molar refractivity (Wildman–Crippen MR) is 102 cm³/mol. The third-order valence-corrected chi connectivity index (χ3v) is 5.91. The summed E-state index contributed by atoms with van der Waals surface area (Å²) in [5.74, 6) is -2.89. The lowest BCUT2D eigenvalue weighted by molar-refractivity contribution is 0.0306. The first-order chi connectivity index (χ1) is 14.7. The Morgan fingerprint density at radius 1 is 1.26 bits per heavy atom. The number of ether oxygens (including phenoxy) is 1. The summed E-state index contributed by atoms with van der Waals surface area (Å²) in [6, 6.07) is -0.374. The minimum Gasteiger partial charge on any atom is -0.492 e. The number of hydrogen-bond donors (Lipinski definition) is 3. The quantitative estimate of drug-likeness (QED) is 0.576. The average Bonchev–Trinajstić information content (AvgIpc) is 3.47. The van der Waals surface area contributed by atoms with Crippen molar-refractivity contribution >= 4 is 16.6 Å². The molecule has 2 fully saturated rings. The molecule has 12 heteroatoms. The van der Waals surface area contributed by atoms with E-state index in [2.05, 4.69) is 0 Å². The van der Waals surface area contributed by atoms with E-state index >= 15 is 4.39 Å². The topological polar surface area (TPSA) is 108 Å². The van der Waals surface area contributed by atoms with E-state index in [1.54, 1.807) is 0 Å². The van der Waals surface area contributed by atoms with Crippen LogP contribution >= 0.6 is 0 Å². The van der Waals surface area contributed by atoms with Gasteiger partial charge in [-0.15, -0.1) is 0 Å². The van der Waals surface area contributed by atoms with Crippen LogP contribution in [0.3, 0.4) is 0 Å². The molecule has 1 saturated carbocycles. The first-order valence-electron chi connectivity index (χ1n) is 9.75. The number of aromatic amines is 1. The molecule has 1 aliphatic heterocycles. The van der Waals surface area contributed by atoms with Crippen LogP contribution in [0.2, 0.25) is 0 Å². The standard InChI is InChI=1S/C19H21F4N3O5/c1-31-16-14-12(18(29)24-19(30)26(14)7-2-3-7)11(17(22)23)13(21)15(16)25-4-8(9(20)5-25)10(28)6-27/h7-10,17,27-28H,2-6H2,1H3,(H,24,29,30). The Balaban J connectivity index is 2.05. The molecule has 3 unspecified atom stereocenters. The second kappa shape index (κ2) is 7.83. The maximum absolute atomic E-state index is 15.4. The molecule has 1 aliphatic carbocycles. The van der Waals surface area contributed by atoms with E-state index in [1.807, 2.05) is 4.98 Å². The van der Waals surface area contributed by atoms with Gasteiger partial charge >= 0.3 is 5.69 Å². The zero-order valence-corrected chi connectivity index (χ0v) is 16.4. The second-order valence-electron chi connectivity index (χ2n) is 7.83. The number of fused-ring (bicyclic) bond motifs is 1. The Kier molecular flexibility index (Phi) is 5.46. The van der Waals surface area contributed by atoms with Gasteiger partial charge in [-0.05, 0) is 12.8 Å². The summed E-state index contributed by atoms with van der Waals surface area (Å²) in [5, 5.41) is 18.3. The smallest absolute Gasteiger partial charge is 0.329 e. The third-order valence-electron chi connectivity index (χ3n) is 5.91. The number of halogens is 4.